The molecule has 0 aromatic heterocycles. The average Bonchev–Trinajstić information content (AvgIpc) is 2.61. The third kappa shape index (κ3) is 4.19. The second-order valence-corrected chi connectivity index (χ2v) is 6.46. The van der Waals surface area contributed by atoms with E-state index in [2.05, 4.69) is 4.90 Å². The number of rotatable bonds is 5. The van der Waals surface area contributed by atoms with Crippen LogP contribution in [0.2, 0.25) is 0 Å². The van der Waals surface area contributed by atoms with Gasteiger partial charge >= 0.3 is 0 Å². The van der Waals surface area contributed by atoms with E-state index in [9.17, 15) is 9.18 Å². The second kappa shape index (κ2) is 7.73. The van der Waals surface area contributed by atoms with Crippen molar-refractivity contribution in [1.29, 1.82) is 0 Å². The first-order valence-electron chi connectivity index (χ1n) is 7.57. The van der Waals surface area contributed by atoms with Gasteiger partial charge in [0, 0.05) is 23.5 Å². The molecule has 2 aromatic rings. The number of hydrogen-bond donors (Lipinski definition) is 0. The van der Waals surface area contributed by atoms with Gasteiger partial charge in [0.25, 0.3) is 0 Å². The monoisotopic (exact) mass is 331 g/mol. The molecule has 0 radical (unpaired) electrons. The van der Waals surface area contributed by atoms with Gasteiger partial charge in [-0.15, -0.1) is 0 Å². The maximum Gasteiger partial charge on any atom is 0.190 e. The Morgan fingerprint density at radius 3 is 2.35 bits per heavy atom. The average molecular weight is 331 g/mol. The van der Waals surface area contributed by atoms with E-state index in [-0.39, 0.29) is 17.0 Å². The molecule has 0 aliphatic carbocycles. The fraction of sp³-hybridized carbons (Fsp3) is 0.278. The molecule has 3 nitrogen and oxygen atoms in total. The number of hydrogen-bond acceptors (Lipinski definition) is 4. The van der Waals surface area contributed by atoms with Crippen LogP contribution in [0.3, 0.4) is 0 Å². The fourth-order valence-corrected chi connectivity index (χ4v) is 3.67. The SMILES string of the molecule is O=C(c1ccc(F)cc1)C(Sc1ccccc1)N1CCOCC1. The van der Waals surface area contributed by atoms with Crippen molar-refractivity contribution in [2.75, 3.05) is 26.3 Å². The first kappa shape index (κ1) is 16.2. The molecule has 1 unspecified atom stereocenters. The Morgan fingerprint density at radius 1 is 1.04 bits per heavy atom. The van der Waals surface area contributed by atoms with Crippen LogP contribution in [0.4, 0.5) is 4.39 Å². The Labute approximate surface area is 139 Å². The third-order valence-electron chi connectivity index (χ3n) is 3.72. The number of Topliss-reactive ketones (excluding diaryl/α,β-unsaturated/α-hetero) is 1. The molecule has 23 heavy (non-hydrogen) atoms. The summed E-state index contributed by atoms with van der Waals surface area (Å²) in [5, 5.41) is -0.327. The maximum atomic E-state index is 13.1. The van der Waals surface area contributed by atoms with Gasteiger partial charge in [-0.2, -0.15) is 0 Å². The lowest BCUT2D eigenvalue weighted by Crippen LogP contribution is -2.45. The number of benzene rings is 2. The molecule has 120 valence electrons. The van der Waals surface area contributed by atoms with Crippen molar-refractivity contribution in [2.24, 2.45) is 0 Å². The van der Waals surface area contributed by atoms with Crippen molar-refractivity contribution < 1.29 is 13.9 Å². The molecule has 5 heteroatoms. The van der Waals surface area contributed by atoms with E-state index >= 15 is 0 Å². The molecule has 2 aromatic carbocycles. The maximum absolute atomic E-state index is 13.1. The molecular formula is C18H18FNO2S. The van der Waals surface area contributed by atoms with Crippen LogP contribution in [0.25, 0.3) is 0 Å². The van der Waals surface area contributed by atoms with Crippen molar-refractivity contribution in [3.63, 3.8) is 0 Å². The van der Waals surface area contributed by atoms with Gasteiger partial charge in [0.05, 0.1) is 13.2 Å². The number of ketones is 1. The summed E-state index contributed by atoms with van der Waals surface area (Å²) in [5.74, 6) is -0.332. The lowest BCUT2D eigenvalue weighted by atomic mass is 10.1. The second-order valence-electron chi connectivity index (χ2n) is 5.30. The molecule has 1 aliphatic heterocycles. The van der Waals surface area contributed by atoms with Crippen LogP contribution < -0.4 is 0 Å². The van der Waals surface area contributed by atoms with Gasteiger partial charge in [-0.05, 0) is 36.4 Å². The largest absolute Gasteiger partial charge is 0.379 e. The molecule has 0 N–H and O–H groups in total. The minimum absolute atomic E-state index is 0.000697. The molecule has 1 saturated heterocycles. The number of thioether (sulfide) groups is 1. The molecule has 0 spiro atoms. The number of nitrogens with zero attached hydrogens (tertiary/aromatic N) is 1. The Hall–Kier alpha value is -1.69. The summed E-state index contributed by atoms with van der Waals surface area (Å²) >= 11 is 1.53. The summed E-state index contributed by atoms with van der Waals surface area (Å²) in [4.78, 5) is 16.1. The molecule has 3 rings (SSSR count). The van der Waals surface area contributed by atoms with E-state index in [0.29, 0.717) is 18.8 Å². The van der Waals surface area contributed by atoms with Gasteiger partial charge < -0.3 is 4.74 Å². The predicted molar refractivity (Wildman–Crippen MR) is 89.2 cm³/mol. The smallest absolute Gasteiger partial charge is 0.190 e. The van der Waals surface area contributed by atoms with Gasteiger partial charge in [0.2, 0.25) is 0 Å². The summed E-state index contributed by atoms with van der Waals surface area (Å²) in [6, 6.07) is 15.6. The van der Waals surface area contributed by atoms with Crippen LogP contribution in [-0.4, -0.2) is 42.4 Å². The summed E-state index contributed by atoms with van der Waals surface area (Å²) in [6.07, 6.45) is 0. The molecular weight excluding hydrogens is 313 g/mol. The first-order chi connectivity index (χ1) is 11.2. The molecule has 1 aliphatic rings. The van der Waals surface area contributed by atoms with Crippen molar-refractivity contribution in [3.05, 3.63) is 66.0 Å². The van der Waals surface area contributed by atoms with Crippen molar-refractivity contribution >= 4 is 17.5 Å². The Kier molecular flexibility index (Phi) is 5.43. The van der Waals surface area contributed by atoms with Gasteiger partial charge in [0.15, 0.2) is 5.78 Å². The number of morpholine rings is 1. The lowest BCUT2D eigenvalue weighted by molar-refractivity contribution is 0.0318. The highest BCUT2D eigenvalue weighted by molar-refractivity contribution is 8.00. The van der Waals surface area contributed by atoms with Crippen LogP contribution in [0.1, 0.15) is 10.4 Å². The molecule has 0 amide bonds. The van der Waals surface area contributed by atoms with Crippen LogP contribution in [0.15, 0.2) is 59.5 Å². The number of carbonyl (C=O) groups is 1. The number of carbonyl (C=O) groups excluding carboxylic acids is 1. The number of halogens is 1. The summed E-state index contributed by atoms with van der Waals surface area (Å²) in [5.41, 5.74) is 0.534. The summed E-state index contributed by atoms with van der Waals surface area (Å²) in [6.45, 7) is 2.69. The highest BCUT2D eigenvalue weighted by atomic mass is 32.2. The molecule has 0 bridgehead atoms. The topological polar surface area (TPSA) is 29.5 Å². The normalized spacial score (nSPS) is 16.9. The Balaban J connectivity index is 1.84. The summed E-state index contributed by atoms with van der Waals surface area (Å²) < 4.78 is 18.5. The van der Waals surface area contributed by atoms with Crippen molar-refractivity contribution in [2.45, 2.75) is 10.3 Å². The predicted octanol–water partition coefficient (Wildman–Crippen LogP) is 3.46. The van der Waals surface area contributed by atoms with Crippen LogP contribution in [0.5, 0.6) is 0 Å². The zero-order chi connectivity index (χ0) is 16.1. The molecule has 1 atom stereocenters. The molecule has 1 fully saturated rings. The molecule has 0 saturated carbocycles. The Morgan fingerprint density at radius 2 is 1.70 bits per heavy atom. The minimum atomic E-state index is -0.333. The van der Waals surface area contributed by atoms with Crippen LogP contribution >= 0.6 is 11.8 Å². The zero-order valence-corrected chi connectivity index (χ0v) is 13.5. The van der Waals surface area contributed by atoms with Gasteiger partial charge in [-0.3, -0.25) is 9.69 Å². The minimum Gasteiger partial charge on any atom is -0.379 e. The Bertz CT molecular complexity index is 642. The van der Waals surface area contributed by atoms with Gasteiger partial charge in [-0.1, -0.05) is 30.0 Å². The van der Waals surface area contributed by atoms with E-state index in [1.807, 2.05) is 30.3 Å². The lowest BCUT2D eigenvalue weighted by Gasteiger charge is -2.33. The van der Waals surface area contributed by atoms with E-state index < -0.39 is 0 Å². The molecule has 1 heterocycles. The van der Waals surface area contributed by atoms with E-state index in [1.54, 1.807) is 12.1 Å². The van der Waals surface area contributed by atoms with Crippen molar-refractivity contribution in [1.82, 2.24) is 4.90 Å². The van der Waals surface area contributed by atoms with E-state index in [1.165, 1.54) is 23.9 Å². The third-order valence-corrected chi connectivity index (χ3v) is 5.00. The standard InChI is InChI=1S/C18H18FNO2S/c19-15-8-6-14(7-9-15)17(21)18(20-10-12-22-13-11-20)23-16-4-2-1-3-5-16/h1-9,18H,10-13H2. The van der Waals surface area contributed by atoms with Crippen LogP contribution in [0, 0.1) is 5.82 Å². The van der Waals surface area contributed by atoms with Gasteiger partial charge in [0.1, 0.15) is 11.2 Å². The highest BCUT2D eigenvalue weighted by Gasteiger charge is 2.29. The summed E-state index contributed by atoms with van der Waals surface area (Å²) in [7, 11) is 0. The number of ether oxygens (including phenoxy) is 1. The zero-order valence-electron chi connectivity index (χ0n) is 12.7. The highest BCUT2D eigenvalue weighted by Crippen LogP contribution is 2.29. The quantitative estimate of drug-likeness (QED) is 0.620. The fourth-order valence-electron chi connectivity index (χ4n) is 2.49. The van der Waals surface area contributed by atoms with E-state index in [0.717, 1.165) is 18.0 Å². The van der Waals surface area contributed by atoms with E-state index in [4.69, 9.17) is 4.74 Å². The van der Waals surface area contributed by atoms with Gasteiger partial charge in [-0.25, -0.2) is 4.39 Å². The first-order valence-corrected chi connectivity index (χ1v) is 8.45. The van der Waals surface area contributed by atoms with Crippen molar-refractivity contribution in [3.8, 4) is 0 Å². The van der Waals surface area contributed by atoms with Crippen LogP contribution in [-0.2, 0) is 4.74 Å².